The molecule has 2 rings (SSSR count). The van der Waals surface area contributed by atoms with E-state index in [0.29, 0.717) is 5.56 Å². The van der Waals surface area contributed by atoms with Crippen LogP contribution < -0.4 is 0 Å². The van der Waals surface area contributed by atoms with Crippen molar-refractivity contribution >= 4 is 23.1 Å². The molecule has 3 nitrogen and oxygen atoms in total. The summed E-state index contributed by atoms with van der Waals surface area (Å²) in [6, 6.07) is 8.00. The largest absolute Gasteiger partial charge is 0.192 e. The van der Waals surface area contributed by atoms with E-state index in [-0.39, 0.29) is 0 Å². The van der Waals surface area contributed by atoms with Gasteiger partial charge >= 0.3 is 0 Å². The summed E-state index contributed by atoms with van der Waals surface area (Å²) in [5, 5.41) is 16.7. The Hall–Kier alpha value is -1.38. The number of rotatable bonds is 2. The van der Waals surface area contributed by atoms with Crippen molar-refractivity contribution in [1.29, 1.82) is 5.26 Å². The number of nitriles is 1. The van der Waals surface area contributed by atoms with Crippen LogP contribution in [0.15, 0.2) is 32.9 Å². The van der Waals surface area contributed by atoms with Gasteiger partial charge in [-0.1, -0.05) is 29.2 Å². The van der Waals surface area contributed by atoms with Crippen LogP contribution in [0.1, 0.15) is 11.1 Å². The SMILES string of the molecule is Cc1ccc(Sc2nncs2)c(C#N)c1. The average molecular weight is 233 g/mol. The Morgan fingerprint density at radius 2 is 2.33 bits per heavy atom. The molecule has 0 atom stereocenters. The van der Waals surface area contributed by atoms with Crippen LogP contribution in [-0.4, -0.2) is 10.2 Å². The van der Waals surface area contributed by atoms with E-state index >= 15 is 0 Å². The topological polar surface area (TPSA) is 49.6 Å². The Morgan fingerprint density at radius 1 is 1.47 bits per heavy atom. The molecule has 1 heterocycles. The van der Waals surface area contributed by atoms with Crippen LogP contribution in [0.3, 0.4) is 0 Å². The summed E-state index contributed by atoms with van der Waals surface area (Å²) in [5.41, 5.74) is 3.46. The maximum absolute atomic E-state index is 8.98. The number of benzene rings is 1. The molecule has 0 saturated carbocycles. The minimum Gasteiger partial charge on any atom is -0.192 e. The van der Waals surface area contributed by atoms with Crippen LogP contribution in [-0.2, 0) is 0 Å². The number of nitrogens with zero attached hydrogens (tertiary/aromatic N) is 3. The summed E-state index contributed by atoms with van der Waals surface area (Å²) in [4.78, 5) is 0.930. The van der Waals surface area contributed by atoms with E-state index in [1.807, 2.05) is 25.1 Å². The van der Waals surface area contributed by atoms with Gasteiger partial charge in [-0.2, -0.15) is 5.26 Å². The molecule has 0 spiro atoms. The smallest absolute Gasteiger partial charge is 0.178 e. The first-order valence-corrected chi connectivity index (χ1v) is 5.94. The lowest BCUT2D eigenvalue weighted by Crippen LogP contribution is -1.83. The molecule has 0 fully saturated rings. The van der Waals surface area contributed by atoms with Gasteiger partial charge < -0.3 is 0 Å². The zero-order valence-electron chi connectivity index (χ0n) is 7.97. The molecule has 0 N–H and O–H groups in total. The van der Waals surface area contributed by atoms with Gasteiger partial charge in [0.1, 0.15) is 11.6 Å². The van der Waals surface area contributed by atoms with E-state index in [9.17, 15) is 0 Å². The maximum atomic E-state index is 8.98. The molecule has 1 aromatic carbocycles. The van der Waals surface area contributed by atoms with Gasteiger partial charge in [0.25, 0.3) is 0 Å². The number of aryl methyl sites for hydroxylation is 1. The second-order valence-electron chi connectivity index (χ2n) is 2.92. The van der Waals surface area contributed by atoms with E-state index in [1.165, 1.54) is 23.1 Å². The van der Waals surface area contributed by atoms with Gasteiger partial charge in [0.2, 0.25) is 0 Å². The van der Waals surface area contributed by atoms with Gasteiger partial charge in [-0.3, -0.25) is 0 Å². The molecule has 5 heteroatoms. The Balaban J connectivity index is 2.33. The third-order valence-corrected chi connectivity index (χ3v) is 3.65. The average Bonchev–Trinajstić information content (AvgIpc) is 2.73. The Bertz CT molecular complexity index is 500. The maximum Gasteiger partial charge on any atom is 0.178 e. The highest BCUT2D eigenvalue weighted by molar-refractivity contribution is 8.01. The van der Waals surface area contributed by atoms with E-state index < -0.39 is 0 Å². The fraction of sp³-hybridized carbons (Fsp3) is 0.100. The molecule has 74 valence electrons. The lowest BCUT2D eigenvalue weighted by atomic mass is 10.2. The van der Waals surface area contributed by atoms with E-state index in [1.54, 1.807) is 5.51 Å². The molecular weight excluding hydrogens is 226 g/mol. The first-order valence-electron chi connectivity index (χ1n) is 4.24. The predicted molar refractivity (Wildman–Crippen MR) is 59.9 cm³/mol. The first-order chi connectivity index (χ1) is 7.29. The molecule has 1 aromatic heterocycles. The summed E-state index contributed by atoms with van der Waals surface area (Å²) in [7, 11) is 0. The van der Waals surface area contributed by atoms with Crippen molar-refractivity contribution in [3.8, 4) is 6.07 Å². The normalized spacial score (nSPS) is 9.87. The summed E-state index contributed by atoms with van der Waals surface area (Å²) in [6.07, 6.45) is 0. The molecule has 15 heavy (non-hydrogen) atoms. The van der Waals surface area contributed by atoms with E-state index in [0.717, 1.165) is 14.8 Å². The lowest BCUT2D eigenvalue weighted by molar-refractivity contribution is 1.01. The van der Waals surface area contributed by atoms with E-state index in [2.05, 4.69) is 16.3 Å². The summed E-state index contributed by atoms with van der Waals surface area (Å²) in [6.45, 7) is 1.97. The van der Waals surface area contributed by atoms with E-state index in [4.69, 9.17) is 5.26 Å². The van der Waals surface area contributed by atoms with Crippen LogP contribution in [0.2, 0.25) is 0 Å². The van der Waals surface area contributed by atoms with Gasteiger partial charge in [0.15, 0.2) is 4.34 Å². The second-order valence-corrected chi connectivity index (χ2v) is 5.04. The number of hydrogen-bond acceptors (Lipinski definition) is 5. The van der Waals surface area contributed by atoms with Gasteiger partial charge in [-0.15, -0.1) is 10.2 Å². The molecule has 0 saturated heterocycles. The molecule has 0 radical (unpaired) electrons. The van der Waals surface area contributed by atoms with Crippen molar-refractivity contribution in [1.82, 2.24) is 10.2 Å². The fourth-order valence-electron chi connectivity index (χ4n) is 1.12. The highest BCUT2D eigenvalue weighted by Crippen LogP contribution is 2.31. The highest BCUT2D eigenvalue weighted by Gasteiger charge is 2.06. The van der Waals surface area contributed by atoms with Crippen LogP contribution in [0.25, 0.3) is 0 Å². The summed E-state index contributed by atoms with van der Waals surface area (Å²) >= 11 is 2.95. The molecule has 0 amide bonds. The number of hydrogen-bond donors (Lipinski definition) is 0. The second kappa shape index (κ2) is 4.43. The minimum atomic E-state index is 0.690. The molecule has 0 unspecified atom stereocenters. The standard InChI is InChI=1S/C10H7N3S2/c1-7-2-3-9(8(4-7)5-11)15-10-13-12-6-14-10/h2-4,6H,1H3. The predicted octanol–water partition coefficient (Wildman–Crippen LogP) is 2.87. The van der Waals surface area contributed by atoms with Crippen molar-refractivity contribution in [2.75, 3.05) is 0 Å². The van der Waals surface area contributed by atoms with Crippen molar-refractivity contribution in [3.05, 3.63) is 34.8 Å². The van der Waals surface area contributed by atoms with Crippen molar-refractivity contribution in [3.63, 3.8) is 0 Å². The van der Waals surface area contributed by atoms with Crippen LogP contribution in [0.5, 0.6) is 0 Å². The van der Waals surface area contributed by atoms with Crippen LogP contribution >= 0.6 is 23.1 Å². The summed E-state index contributed by atoms with van der Waals surface area (Å²) < 4.78 is 0.857. The molecule has 0 aliphatic carbocycles. The van der Waals surface area contributed by atoms with Gasteiger partial charge in [0.05, 0.1) is 5.56 Å². The zero-order valence-corrected chi connectivity index (χ0v) is 9.60. The van der Waals surface area contributed by atoms with Gasteiger partial charge in [-0.05, 0) is 24.6 Å². The third kappa shape index (κ3) is 2.35. The molecule has 0 aliphatic rings. The van der Waals surface area contributed by atoms with Crippen molar-refractivity contribution < 1.29 is 0 Å². The highest BCUT2D eigenvalue weighted by atomic mass is 32.2. The Kier molecular flexibility index (Phi) is 2.99. The zero-order chi connectivity index (χ0) is 10.7. The molecule has 2 aromatic rings. The minimum absolute atomic E-state index is 0.690. The Morgan fingerprint density at radius 3 is 3.00 bits per heavy atom. The van der Waals surface area contributed by atoms with Crippen molar-refractivity contribution in [2.24, 2.45) is 0 Å². The first kappa shape index (κ1) is 10.1. The molecule has 0 aliphatic heterocycles. The fourth-order valence-corrected chi connectivity index (χ4v) is 2.62. The lowest BCUT2D eigenvalue weighted by Gasteiger charge is -2.01. The summed E-state index contributed by atoms with van der Waals surface area (Å²) in [5.74, 6) is 0. The molecule has 0 bridgehead atoms. The third-order valence-electron chi connectivity index (χ3n) is 1.79. The quantitative estimate of drug-likeness (QED) is 0.800. The monoisotopic (exact) mass is 233 g/mol. The van der Waals surface area contributed by atoms with Gasteiger partial charge in [0, 0.05) is 4.90 Å². The van der Waals surface area contributed by atoms with Gasteiger partial charge in [-0.25, -0.2) is 0 Å². The Labute approximate surface area is 95.8 Å². The molecular formula is C10H7N3S2. The van der Waals surface area contributed by atoms with Crippen LogP contribution in [0, 0.1) is 18.3 Å². The van der Waals surface area contributed by atoms with Crippen molar-refractivity contribution in [2.45, 2.75) is 16.2 Å². The van der Waals surface area contributed by atoms with Crippen LogP contribution in [0.4, 0.5) is 0 Å². The number of aromatic nitrogens is 2.